The summed E-state index contributed by atoms with van der Waals surface area (Å²) in [5, 5.41) is 3.91. The summed E-state index contributed by atoms with van der Waals surface area (Å²) < 4.78 is 0. The van der Waals surface area contributed by atoms with Gasteiger partial charge in [-0.2, -0.15) is 9.89 Å². The van der Waals surface area contributed by atoms with E-state index in [0.29, 0.717) is 11.1 Å². The van der Waals surface area contributed by atoms with Crippen molar-refractivity contribution in [2.75, 3.05) is 5.43 Å². The molecule has 1 aromatic heterocycles. The molecule has 3 N–H and O–H groups in total. The van der Waals surface area contributed by atoms with Crippen molar-refractivity contribution in [2.45, 2.75) is 0 Å². The van der Waals surface area contributed by atoms with E-state index in [1.165, 1.54) is 17.2 Å². The van der Waals surface area contributed by atoms with Crippen LogP contribution in [0.4, 0.5) is 5.69 Å². The molecule has 2 rings (SSSR count). The van der Waals surface area contributed by atoms with Gasteiger partial charge in [-0.25, -0.2) is 0 Å². The summed E-state index contributed by atoms with van der Waals surface area (Å²) in [6.07, 6.45) is 3.62. The summed E-state index contributed by atoms with van der Waals surface area (Å²) in [5.41, 5.74) is 9.67. The average Bonchev–Trinajstić information content (AvgIpc) is 2.79. The molecule has 86 valence electrons. The molecule has 0 unspecified atom stereocenters. The molecular formula is C11H10N4O2. The highest BCUT2D eigenvalue weighted by Crippen LogP contribution is 2.08. The largest absolute Gasteiger partial charge is 0.365 e. The van der Waals surface area contributed by atoms with Gasteiger partial charge in [0.15, 0.2) is 0 Å². The van der Waals surface area contributed by atoms with Crippen LogP contribution >= 0.6 is 0 Å². The van der Waals surface area contributed by atoms with Gasteiger partial charge in [-0.1, -0.05) is 0 Å². The van der Waals surface area contributed by atoms with Crippen molar-refractivity contribution in [2.24, 2.45) is 5.73 Å². The number of hydrogen-bond donors (Lipinski definition) is 2. The molecule has 0 aliphatic rings. The number of carbonyl (C=O) groups is 2. The highest BCUT2D eigenvalue weighted by Gasteiger charge is 2.03. The topological polar surface area (TPSA) is 90.0 Å². The Balaban J connectivity index is 2.13. The van der Waals surface area contributed by atoms with E-state index in [0.717, 1.165) is 12.0 Å². The number of nitrogens with two attached hydrogens (primary N) is 1. The van der Waals surface area contributed by atoms with E-state index < -0.39 is 5.91 Å². The van der Waals surface area contributed by atoms with Gasteiger partial charge in [0, 0.05) is 5.56 Å². The minimum absolute atomic E-state index is 0.321. The van der Waals surface area contributed by atoms with Gasteiger partial charge in [0.05, 0.1) is 23.6 Å². The minimum Gasteiger partial charge on any atom is -0.365 e. The lowest BCUT2D eigenvalue weighted by molar-refractivity contribution is 0.0999. The molecule has 6 heteroatoms. The standard InChI is InChI=1S/C11H10N4O2/c12-11(17)9-5-13-15(6-9)14-10-3-1-8(7-16)2-4-10/h1-7,14H,(H2,12,17). The van der Waals surface area contributed by atoms with Crippen molar-refractivity contribution in [1.82, 2.24) is 9.89 Å². The zero-order valence-electron chi connectivity index (χ0n) is 8.83. The number of nitrogens with one attached hydrogen (secondary N) is 1. The third-order valence-electron chi connectivity index (χ3n) is 2.16. The van der Waals surface area contributed by atoms with Crippen molar-refractivity contribution < 1.29 is 9.59 Å². The van der Waals surface area contributed by atoms with Crippen LogP contribution in [0.25, 0.3) is 0 Å². The summed E-state index contributed by atoms with van der Waals surface area (Å²) in [6.45, 7) is 0. The molecule has 2 aromatic rings. The third-order valence-corrected chi connectivity index (χ3v) is 2.16. The fraction of sp³-hybridized carbons (Fsp3) is 0. The van der Waals surface area contributed by atoms with Crippen LogP contribution in [0.2, 0.25) is 0 Å². The van der Waals surface area contributed by atoms with Crippen molar-refractivity contribution >= 4 is 17.9 Å². The molecule has 0 aliphatic carbocycles. The molecule has 0 radical (unpaired) electrons. The summed E-state index contributed by atoms with van der Waals surface area (Å²) in [4.78, 5) is 22.7. The number of primary amides is 1. The van der Waals surface area contributed by atoms with Gasteiger partial charge >= 0.3 is 0 Å². The number of aromatic nitrogens is 2. The molecule has 0 spiro atoms. The minimum atomic E-state index is -0.533. The van der Waals surface area contributed by atoms with Gasteiger partial charge in [0.1, 0.15) is 6.29 Å². The fourth-order valence-corrected chi connectivity index (χ4v) is 1.28. The van der Waals surface area contributed by atoms with Crippen LogP contribution in [0.15, 0.2) is 36.7 Å². The normalized spacial score (nSPS) is 9.88. The number of carbonyl (C=O) groups excluding carboxylic acids is 2. The highest BCUT2D eigenvalue weighted by atomic mass is 16.1. The van der Waals surface area contributed by atoms with Crippen LogP contribution in [0.5, 0.6) is 0 Å². The van der Waals surface area contributed by atoms with Gasteiger partial charge in [-0.3, -0.25) is 15.0 Å². The number of amides is 1. The Hall–Kier alpha value is -2.63. The molecule has 0 aliphatic heterocycles. The zero-order valence-corrected chi connectivity index (χ0v) is 8.83. The molecule has 1 amide bonds. The van der Waals surface area contributed by atoms with E-state index in [4.69, 9.17) is 5.73 Å². The Kier molecular flexibility index (Phi) is 2.87. The van der Waals surface area contributed by atoms with E-state index >= 15 is 0 Å². The quantitative estimate of drug-likeness (QED) is 0.755. The lowest BCUT2D eigenvalue weighted by atomic mass is 10.2. The van der Waals surface area contributed by atoms with Gasteiger partial charge in [-0.05, 0) is 24.3 Å². The van der Waals surface area contributed by atoms with E-state index in [2.05, 4.69) is 10.5 Å². The van der Waals surface area contributed by atoms with Crippen LogP contribution in [0.3, 0.4) is 0 Å². The summed E-state index contributed by atoms with van der Waals surface area (Å²) >= 11 is 0. The first-order valence-corrected chi connectivity index (χ1v) is 4.86. The Labute approximate surface area is 97.0 Å². The maximum absolute atomic E-state index is 10.9. The Bertz CT molecular complexity index is 545. The van der Waals surface area contributed by atoms with E-state index in [9.17, 15) is 9.59 Å². The van der Waals surface area contributed by atoms with Gasteiger partial charge in [-0.15, -0.1) is 0 Å². The first-order valence-electron chi connectivity index (χ1n) is 4.86. The van der Waals surface area contributed by atoms with Crippen molar-refractivity contribution in [3.05, 3.63) is 47.8 Å². The van der Waals surface area contributed by atoms with Gasteiger partial charge < -0.3 is 5.73 Å². The van der Waals surface area contributed by atoms with Gasteiger partial charge in [0.2, 0.25) is 0 Å². The second kappa shape index (κ2) is 4.48. The fourth-order valence-electron chi connectivity index (χ4n) is 1.28. The first-order chi connectivity index (χ1) is 8.19. The van der Waals surface area contributed by atoms with E-state index in [1.807, 2.05) is 0 Å². The smallest absolute Gasteiger partial charge is 0.251 e. The molecule has 1 heterocycles. The molecule has 0 fully saturated rings. The third kappa shape index (κ3) is 2.49. The number of benzene rings is 1. The number of rotatable bonds is 4. The SMILES string of the molecule is NC(=O)c1cnn(Nc2ccc(C=O)cc2)c1. The Morgan fingerprint density at radius 1 is 1.35 bits per heavy atom. The van der Waals surface area contributed by atoms with E-state index in [-0.39, 0.29) is 0 Å². The summed E-state index contributed by atoms with van der Waals surface area (Å²) in [5.74, 6) is -0.533. The van der Waals surface area contributed by atoms with Crippen LogP contribution in [0, 0.1) is 0 Å². The second-order valence-corrected chi connectivity index (χ2v) is 3.39. The molecule has 0 atom stereocenters. The molecule has 0 saturated carbocycles. The summed E-state index contributed by atoms with van der Waals surface area (Å²) in [6, 6.07) is 6.81. The highest BCUT2D eigenvalue weighted by molar-refractivity contribution is 5.92. The predicted molar refractivity (Wildman–Crippen MR) is 61.6 cm³/mol. The molecule has 1 aromatic carbocycles. The van der Waals surface area contributed by atoms with Crippen molar-refractivity contribution in [3.8, 4) is 0 Å². The van der Waals surface area contributed by atoms with E-state index in [1.54, 1.807) is 24.3 Å². The monoisotopic (exact) mass is 230 g/mol. The van der Waals surface area contributed by atoms with Crippen LogP contribution in [-0.4, -0.2) is 22.1 Å². The maximum Gasteiger partial charge on any atom is 0.251 e. The molecular weight excluding hydrogens is 220 g/mol. The molecule has 17 heavy (non-hydrogen) atoms. The number of nitrogens with zero attached hydrogens (tertiary/aromatic N) is 2. The molecule has 0 saturated heterocycles. The van der Waals surface area contributed by atoms with Crippen LogP contribution in [-0.2, 0) is 0 Å². The predicted octanol–water partition coefficient (Wildman–Crippen LogP) is 0.670. The first kappa shape index (κ1) is 10.9. The second-order valence-electron chi connectivity index (χ2n) is 3.39. The lowest BCUT2D eigenvalue weighted by Crippen LogP contribution is -2.11. The van der Waals surface area contributed by atoms with Crippen molar-refractivity contribution in [3.63, 3.8) is 0 Å². The molecule has 6 nitrogen and oxygen atoms in total. The molecule has 0 bridgehead atoms. The number of aldehydes is 1. The van der Waals surface area contributed by atoms with Crippen LogP contribution < -0.4 is 11.2 Å². The summed E-state index contributed by atoms with van der Waals surface area (Å²) in [7, 11) is 0. The Morgan fingerprint density at radius 2 is 2.06 bits per heavy atom. The van der Waals surface area contributed by atoms with Crippen molar-refractivity contribution in [1.29, 1.82) is 0 Å². The number of hydrogen-bond acceptors (Lipinski definition) is 4. The van der Waals surface area contributed by atoms with Gasteiger partial charge in [0.25, 0.3) is 5.91 Å². The lowest BCUT2D eigenvalue weighted by Gasteiger charge is -2.05. The van der Waals surface area contributed by atoms with Crippen LogP contribution in [0.1, 0.15) is 20.7 Å². The maximum atomic E-state index is 10.9. The Morgan fingerprint density at radius 3 is 2.59 bits per heavy atom. The number of anilines is 1. The average molecular weight is 230 g/mol. The zero-order chi connectivity index (χ0) is 12.3.